The molecular formula is C19H31N3O3. The Morgan fingerprint density at radius 3 is 2.76 bits per heavy atom. The maximum atomic E-state index is 12.7. The van der Waals surface area contributed by atoms with E-state index >= 15 is 0 Å². The maximum Gasteiger partial charge on any atom is 0.226 e. The fourth-order valence-corrected chi connectivity index (χ4v) is 4.75. The first kappa shape index (κ1) is 18.4. The van der Waals surface area contributed by atoms with E-state index in [4.69, 9.17) is 9.26 Å². The predicted octanol–water partition coefficient (Wildman–Crippen LogP) is 3.29. The largest absolute Gasteiger partial charge is 0.378 e. The zero-order valence-corrected chi connectivity index (χ0v) is 15.8. The zero-order valence-electron chi connectivity index (χ0n) is 15.8. The van der Waals surface area contributed by atoms with Crippen molar-refractivity contribution in [2.75, 3.05) is 13.7 Å². The molecule has 2 atom stereocenters. The van der Waals surface area contributed by atoms with Gasteiger partial charge in [0.05, 0.1) is 6.10 Å². The van der Waals surface area contributed by atoms with Crippen molar-refractivity contribution in [3.8, 4) is 0 Å². The summed E-state index contributed by atoms with van der Waals surface area (Å²) in [4.78, 5) is 18.9. The van der Waals surface area contributed by atoms with Gasteiger partial charge in [0.2, 0.25) is 11.8 Å². The summed E-state index contributed by atoms with van der Waals surface area (Å²) in [6, 6.07) is 0.336. The topological polar surface area (TPSA) is 68.5 Å². The van der Waals surface area contributed by atoms with Crippen LogP contribution in [0.2, 0.25) is 0 Å². The number of carbonyl (C=O) groups excluding carboxylic acids is 1. The van der Waals surface area contributed by atoms with Crippen molar-refractivity contribution in [1.29, 1.82) is 0 Å². The van der Waals surface area contributed by atoms with Crippen LogP contribution in [0.15, 0.2) is 4.52 Å². The molecule has 3 rings (SSSR count). The number of carbonyl (C=O) groups is 1. The van der Waals surface area contributed by atoms with Gasteiger partial charge in [0, 0.05) is 38.0 Å². The Morgan fingerprint density at radius 2 is 2.12 bits per heavy atom. The van der Waals surface area contributed by atoms with Crippen molar-refractivity contribution < 1.29 is 14.1 Å². The highest BCUT2D eigenvalue weighted by Crippen LogP contribution is 2.55. The van der Waals surface area contributed by atoms with E-state index < -0.39 is 0 Å². The highest BCUT2D eigenvalue weighted by atomic mass is 16.5. The van der Waals surface area contributed by atoms with Crippen LogP contribution in [-0.4, -0.2) is 46.7 Å². The number of ether oxygens (including phenoxy) is 1. The van der Waals surface area contributed by atoms with Gasteiger partial charge in [-0.2, -0.15) is 4.98 Å². The van der Waals surface area contributed by atoms with Crippen LogP contribution in [0.3, 0.4) is 0 Å². The van der Waals surface area contributed by atoms with E-state index in [1.54, 1.807) is 6.92 Å². The molecule has 1 heterocycles. The summed E-state index contributed by atoms with van der Waals surface area (Å²) >= 11 is 0. The Balaban J connectivity index is 1.54. The molecule has 2 aliphatic carbocycles. The second-order valence-corrected chi connectivity index (χ2v) is 7.58. The number of hydrogen-bond acceptors (Lipinski definition) is 5. The number of hydrogen-bond donors (Lipinski definition) is 0. The normalized spacial score (nSPS) is 24.9. The molecule has 2 saturated carbocycles. The van der Waals surface area contributed by atoms with Crippen LogP contribution in [0.25, 0.3) is 0 Å². The van der Waals surface area contributed by atoms with Gasteiger partial charge in [-0.05, 0) is 39.5 Å². The lowest BCUT2D eigenvalue weighted by molar-refractivity contribution is -0.185. The van der Waals surface area contributed by atoms with Crippen LogP contribution in [0, 0.1) is 12.3 Å². The molecule has 1 spiro atoms. The summed E-state index contributed by atoms with van der Waals surface area (Å²) in [5.74, 6) is 1.49. The lowest BCUT2D eigenvalue weighted by atomic mass is 9.54. The van der Waals surface area contributed by atoms with Gasteiger partial charge in [-0.25, -0.2) is 0 Å². The lowest BCUT2D eigenvalue weighted by Crippen LogP contribution is -2.65. The molecule has 0 saturated heterocycles. The van der Waals surface area contributed by atoms with Crippen molar-refractivity contribution in [3.63, 3.8) is 0 Å². The summed E-state index contributed by atoms with van der Waals surface area (Å²) in [6.07, 6.45) is 9.49. The number of aryl methyl sites for hydroxylation is 2. The van der Waals surface area contributed by atoms with Gasteiger partial charge < -0.3 is 14.2 Å². The van der Waals surface area contributed by atoms with Gasteiger partial charge in [0.1, 0.15) is 0 Å². The molecule has 0 N–H and O–H groups in total. The third-order valence-corrected chi connectivity index (χ3v) is 6.11. The van der Waals surface area contributed by atoms with Crippen molar-refractivity contribution >= 4 is 5.91 Å². The lowest BCUT2D eigenvalue weighted by Gasteiger charge is -2.60. The maximum absolute atomic E-state index is 12.7. The SMILES string of the molecule is CCOC1CC(N(C)C(=O)CCCc2nc(C)no2)C12CCCCC2. The number of nitrogens with zero attached hydrogens (tertiary/aromatic N) is 3. The van der Waals surface area contributed by atoms with Crippen LogP contribution >= 0.6 is 0 Å². The van der Waals surface area contributed by atoms with Crippen LogP contribution in [0.1, 0.15) is 70.0 Å². The first-order chi connectivity index (χ1) is 12.1. The number of amides is 1. The molecule has 140 valence electrons. The summed E-state index contributed by atoms with van der Waals surface area (Å²) in [7, 11) is 1.97. The van der Waals surface area contributed by atoms with Crippen LogP contribution < -0.4 is 0 Å². The Morgan fingerprint density at radius 1 is 1.36 bits per heavy atom. The molecule has 2 unspecified atom stereocenters. The monoisotopic (exact) mass is 349 g/mol. The van der Waals surface area contributed by atoms with Gasteiger partial charge in [-0.3, -0.25) is 4.79 Å². The molecule has 1 aromatic rings. The molecule has 25 heavy (non-hydrogen) atoms. The average molecular weight is 349 g/mol. The fraction of sp³-hybridized carbons (Fsp3) is 0.842. The van der Waals surface area contributed by atoms with E-state index in [1.807, 2.05) is 11.9 Å². The molecule has 2 aliphatic rings. The summed E-state index contributed by atoms with van der Waals surface area (Å²) in [6.45, 7) is 4.64. The summed E-state index contributed by atoms with van der Waals surface area (Å²) < 4.78 is 11.1. The minimum Gasteiger partial charge on any atom is -0.378 e. The van der Waals surface area contributed by atoms with Gasteiger partial charge >= 0.3 is 0 Å². The molecule has 0 bridgehead atoms. The van der Waals surface area contributed by atoms with Crippen molar-refractivity contribution in [1.82, 2.24) is 15.0 Å². The fourth-order valence-electron chi connectivity index (χ4n) is 4.75. The molecule has 0 aromatic carbocycles. The van der Waals surface area contributed by atoms with E-state index in [-0.39, 0.29) is 11.3 Å². The standard InChI is InChI=1S/C19H31N3O3/c1-4-24-16-13-15(19(16)11-6-5-7-12-19)22(3)18(23)10-8-9-17-20-14(2)21-25-17/h15-16H,4-13H2,1-3H3. The van der Waals surface area contributed by atoms with Gasteiger partial charge in [-0.15, -0.1) is 0 Å². The van der Waals surface area contributed by atoms with E-state index in [0.29, 0.717) is 36.7 Å². The second kappa shape index (κ2) is 7.85. The van der Waals surface area contributed by atoms with Crippen molar-refractivity contribution in [2.24, 2.45) is 5.41 Å². The zero-order chi connectivity index (χ0) is 17.9. The quantitative estimate of drug-likeness (QED) is 0.755. The van der Waals surface area contributed by atoms with E-state index in [1.165, 1.54) is 32.1 Å². The summed E-state index contributed by atoms with van der Waals surface area (Å²) in [5, 5.41) is 3.79. The van der Waals surface area contributed by atoms with Gasteiger partial charge in [0.15, 0.2) is 5.82 Å². The van der Waals surface area contributed by atoms with E-state index in [0.717, 1.165) is 19.4 Å². The van der Waals surface area contributed by atoms with Crippen molar-refractivity contribution in [3.05, 3.63) is 11.7 Å². The van der Waals surface area contributed by atoms with E-state index in [9.17, 15) is 4.79 Å². The highest BCUT2D eigenvalue weighted by Gasteiger charge is 2.57. The molecule has 0 aliphatic heterocycles. The Bertz CT molecular complexity index is 580. The third kappa shape index (κ3) is 3.73. The molecule has 1 aromatic heterocycles. The highest BCUT2D eigenvalue weighted by molar-refractivity contribution is 5.76. The molecule has 6 nitrogen and oxygen atoms in total. The smallest absolute Gasteiger partial charge is 0.226 e. The van der Waals surface area contributed by atoms with Crippen molar-refractivity contribution in [2.45, 2.75) is 83.8 Å². The second-order valence-electron chi connectivity index (χ2n) is 7.58. The Labute approximate surface area is 150 Å². The first-order valence-corrected chi connectivity index (χ1v) is 9.73. The first-order valence-electron chi connectivity index (χ1n) is 9.73. The van der Waals surface area contributed by atoms with Crippen LogP contribution in [-0.2, 0) is 16.0 Å². The Kier molecular flexibility index (Phi) is 5.77. The minimum atomic E-state index is 0.197. The molecule has 1 amide bonds. The molecule has 6 heteroatoms. The Hall–Kier alpha value is -1.43. The van der Waals surface area contributed by atoms with E-state index in [2.05, 4.69) is 17.1 Å². The number of rotatable bonds is 7. The van der Waals surface area contributed by atoms with Crippen LogP contribution in [0.5, 0.6) is 0 Å². The van der Waals surface area contributed by atoms with Crippen LogP contribution in [0.4, 0.5) is 0 Å². The van der Waals surface area contributed by atoms with Gasteiger partial charge in [0.25, 0.3) is 0 Å². The average Bonchev–Trinajstić information content (AvgIpc) is 3.03. The summed E-state index contributed by atoms with van der Waals surface area (Å²) in [5.41, 5.74) is 0.197. The molecular weight excluding hydrogens is 318 g/mol. The van der Waals surface area contributed by atoms with Gasteiger partial charge in [-0.1, -0.05) is 24.4 Å². The molecule has 2 fully saturated rings. The predicted molar refractivity (Wildman–Crippen MR) is 94.1 cm³/mol. The number of aromatic nitrogens is 2. The molecule has 0 radical (unpaired) electrons. The minimum absolute atomic E-state index is 0.197. The third-order valence-electron chi connectivity index (χ3n) is 6.11.